The lowest BCUT2D eigenvalue weighted by atomic mass is 10.2. The summed E-state index contributed by atoms with van der Waals surface area (Å²) >= 11 is 0. The Bertz CT molecular complexity index is 421. The fraction of sp³-hybridized carbons (Fsp3) is 0.100. The maximum atomic E-state index is 10.8. The van der Waals surface area contributed by atoms with Crippen molar-refractivity contribution in [1.29, 1.82) is 5.26 Å². The van der Waals surface area contributed by atoms with Gasteiger partial charge in [-0.05, 0) is 17.7 Å². The molecule has 0 atom stereocenters. The SMILES string of the molecule is N#CCC(=O)N/N=C\c1cccc(O)c1. The Balaban J connectivity index is 2.52. The van der Waals surface area contributed by atoms with Crippen LogP contribution in [0, 0.1) is 11.3 Å². The van der Waals surface area contributed by atoms with Gasteiger partial charge < -0.3 is 5.11 Å². The molecule has 0 aliphatic heterocycles. The van der Waals surface area contributed by atoms with Crippen molar-refractivity contribution >= 4 is 12.1 Å². The molecule has 0 aromatic heterocycles. The summed E-state index contributed by atoms with van der Waals surface area (Å²) in [5.74, 6) is -0.337. The van der Waals surface area contributed by atoms with Gasteiger partial charge in [0.25, 0.3) is 5.91 Å². The molecule has 1 rings (SSSR count). The van der Waals surface area contributed by atoms with Crippen molar-refractivity contribution in [1.82, 2.24) is 5.43 Å². The smallest absolute Gasteiger partial charge is 0.254 e. The molecule has 15 heavy (non-hydrogen) atoms. The van der Waals surface area contributed by atoms with E-state index in [4.69, 9.17) is 10.4 Å². The van der Waals surface area contributed by atoms with Crippen molar-refractivity contribution in [2.75, 3.05) is 0 Å². The largest absolute Gasteiger partial charge is 0.508 e. The van der Waals surface area contributed by atoms with Gasteiger partial charge in [0, 0.05) is 0 Å². The van der Waals surface area contributed by atoms with Crippen LogP contribution in [0.2, 0.25) is 0 Å². The van der Waals surface area contributed by atoms with Crippen LogP contribution in [0.1, 0.15) is 12.0 Å². The van der Waals surface area contributed by atoms with Gasteiger partial charge in [-0.1, -0.05) is 12.1 Å². The summed E-state index contributed by atoms with van der Waals surface area (Å²) in [5.41, 5.74) is 2.84. The van der Waals surface area contributed by atoms with Crippen LogP contribution in [0.3, 0.4) is 0 Å². The minimum Gasteiger partial charge on any atom is -0.508 e. The van der Waals surface area contributed by atoms with Gasteiger partial charge in [-0.25, -0.2) is 5.43 Å². The second-order valence-corrected chi connectivity index (χ2v) is 2.72. The van der Waals surface area contributed by atoms with E-state index in [-0.39, 0.29) is 12.2 Å². The number of phenols is 1. The molecule has 0 aliphatic rings. The predicted octanol–water partition coefficient (Wildman–Crippen LogP) is 0.756. The number of carbonyl (C=O) groups excluding carboxylic acids is 1. The number of phenolic OH excluding ortho intramolecular Hbond substituents is 1. The summed E-state index contributed by atoms with van der Waals surface area (Å²) in [5, 5.41) is 20.9. The zero-order valence-corrected chi connectivity index (χ0v) is 7.84. The monoisotopic (exact) mass is 203 g/mol. The van der Waals surface area contributed by atoms with E-state index in [1.807, 2.05) is 0 Å². The fourth-order valence-corrected chi connectivity index (χ4v) is 0.895. The summed E-state index contributed by atoms with van der Waals surface area (Å²) in [6.07, 6.45) is 1.16. The molecule has 0 heterocycles. The highest BCUT2D eigenvalue weighted by Crippen LogP contribution is 2.08. The Morgan fingerprint density at radius 3 is 3.13 bits per heavy atom. The molecular weight excluding hydrogens is 194 g/mol. The molecule has 76 valence electrons. The number of nitrogens with one attached hydrogen (secondary N) is 1. The Labute approximate surface area is 86.7 Å². The Morgan fingerprint density at radius 1 is 1.67 bits per heavy atom. The third-order valence-corrected chi connectivity index (χ3v) is 1.51. The topological polar surface area (TPSA) is 85.5 Å². The molecule has 1 aromatic rings. The molecular formula is C10H9N3O2. The zero-order valence-electron chi connectivity index (χ0n) is 7.84. The van der Waals surface area contributed by atoms with Crippen molar-refractivity contribution in [2.24, 2.45) is 5.10 Å². The first-order valence-corrected chi connectivity index (χ1v) is 4.20. The number of hydrazone groups is 1. The lowest BCUT2D eigenvalue weighted by Crippen LogP contribution is -2.16. The normalized spacial score (nSPS) is 9.80. The third kappa shape index (κ3) is 3.91. The van der Waals surface area contributed by atoms with Crippen molar-refractivity contribution in [3.05, 3.63) is 29.8 Å². The van der Waals surface area contributed by atoms with E-state index in [2.05, 4.69) is 10.5 Å². The van der Waals surface area contributed by atoms with E-state index in [0.29, 0.717) is 5.56 Å². The van der Waals surface area contributed by atoms with Crippen LogP contribution in [0.5, 0.6) is 5.75 Å². The highest BCUT2D eigenvalue weighted by Gasteiger charge is 1.95. The number of aromatic hydroxyl groups is 1. The lowest BCUT2D eigenvalue weighted by molar-refractivity contribution is -0.120. The first-order chi connectivity index (χ1) is 7.22. The van der Waals surface area contributed by atoms with Gasteiger partial charge in [0.15, 0.2) is 0 Å². The zero-order chi connectivity index (χ0) is 11.1. The van der Waals surface area contributed by atoms with Gasteiger partial charge in [-0.3, -0.25) is 4.79 Å². The van der Waals surface area contributed by atoms with Crippen LogP contribution in [0.4, 0.5) is 0 Å². The molecule has 1 aromatic carbocycles. The molecule has 0 unspecified atom stereocenters. The van der Waals surface area contributed by atoms with Crippen LogP contribution < -0.4 is 5.43 Å². The van der Waals surface area contributed by atoms with Crippen molar-refractivity contribution in [2.45, 2.75) is 6.42 Å². The molecule has 0 saturated heterocycles. The number of nitrogens with zero attached hydrogens (tertiary/aromatic N) is 2. The van der Waals surface area contributed by atoms with Crippen LogP contribution in [-0.2, 0) is 4.79 Å². The Hall–Kier alpha value is -2.35. The molecule has 5 heteroatoms. The van der Waals surface area contributed by atoms with E-state index < -0.39 is 5.91 Å². The summed E-state index contributed by atoms with van der Waals surface area (Å²) in [7, 11) is 0. The average Bonchev–Trinajstić information content (AvgIpc) is 2.18. The summed E-state index contributed by atoms with van der Waals surface area (Å²) in [6, 6.07) is 8.12. The van der Waals surface area contributed by atoms with Crippen LogP contribution in [-0.4, -0.2) is 17.2 Å². The van der Waals surface area contributed by atoms with Gasteiger partial charge in [0.2, 0.25) is 0 Å². The van der Waals surface area contributed by atoms with E-state index in [0.717, 1.165) is 0 Å². The minimum absolute atomic E-state index is 0.127. The van der Waals surface area contributed by atoms with Crippen LogP contribution >= 0.6 is 0 Å². The molecule has 0 bridgehead atoms. The number of carbonyl (C=O) groups is 1. The Morgan fingerprint density at radius 2 is 2.47 bits per heavy atom. The quantitative estimate of drug-likeness (QED) is 0.561. The van der Waals surface area contributed by atoms with Gasteiger partial charge in [0.05, 0.1) is 12.3 Å². The summed E-state index contributed by atoms with van der Waals surface area (Å²) < 4.78 is 0. The number of benzene rings is 1. The number of hydrogen-bond acceptors (Lipinski definition) is 4. The summed E-state index contributed by atoms with van der Waals surface area (Å²) in [4.78, 5) is 10.8. The number of nitriles is 1. The second-order valence-electron chi connectivity index (χ2n) is 2.72. The van der Waals surface area contributed by atoms with E-state index in [1.165, 1.54) is 18.3 Å². The number of rotatable bonds is 3. The highest BCUT2D eigenvalue weighted by molar-refractivity contribution is 5.83. The summed E-state index contributed by atoms with van der Waals surface area (Å²) in [6.45, 7) is 0. The number of amides is 1. The maximum Gasteiger partial charge on any atom is 0.254 e. The molecule has 0 spiro atoms. The molecule has 2 N–H and O–H groups in total. The maximum absolute atomic E-state index is 10.8. The Kier molecular flexibility index (Phi) is 3.86. The molecule has 0 saturated carbocycles. The van der Waals surface area contributed by atoms with Gasteiger partial charge in [0.1, 0.15) is 12.2 Å². The standard InChI is InChI=1S/C10H9N3O2/c11-5-4-10(15)13-12-7-8-2-1-3-9(14)6-8/h1-3,6-7,14H,4H2,(H,13,15)/b12-7-. The number of hydrogen-bond donors (Lipinski definition) is 2. The van der Waals surface area contributed by atoms with Gasteiger partial charge in [-0.2, -0.15) is 10.4 Å². The average molecular weight is 203 g/mol. The van der Waals surface area contributed by atoms with Crippen LogP contribution in [0.25, 0.3) is 0 Å². The first-order valence-electron chi connectivity index (χ1n) is 4.20. The van der Waals surface area contributed by atoms with E-state index in [1.54, 1.807) is 18.2 Å². The predicted molar refractivity (Wildman–Crippen MR) is 54.1 cm³/mol. The van der Waals surface area contributed by atoms with Crippen molar-refractivity contribution in [3.8, 4) is 11.8 Å². The van der Waals surface area contributed by atoms with Gasteiger partial charge >= 0.3 is 0 Å². The van der Waals surface area contributed by atoms with Crippen molar-refractivity contribution < 1.29 is 9.90 Å². The third-order valence-electron chi connectivity index (χ3n) is 1.51. The fourth-order valence-electron chi connectivity index (χ4n) is 0.895. The second kappa shape index (κ2) is 5.40. The molecule has 1 amide bonds. The van der Waals surface area contributed by atoms with Crippen LogP contribution in [0.15, 0.2) is 29.4 Å². The first kappa shape index (κ1) is 10.7. The van der Waals surface area contributed by atoms with E-state index in [9.17, 15) is 4.79 Å². The highest BCUT2D eigenvalue weighted by atomic mass is 16.3. The molecule has 5 nitrogen and oxygen atoms in total. The minimum atomic E-state index is -0.464. The van der Waals surface area contributed by atoms with Gasteiger partial charge in [-0.15, -0.1) is 0 Å². The molecule has 0 radical (unpaired) electrons. The van der Waals surface area contributed by atoms with Crippen molar-refractivity contribution in [3.63, 3.8) is 0 Å². The van der Waals surface area contributed by atoms with E-state index >= 15 is 0 Å². The lowest BCUT2D eigenvalue weighted by Gasteiger charge is -1.95. The molecule has 0 fully saturated rings. The molecule has 0 aliphatic carbocycles.